The molecule has 0 spiro atoms. The van der Waals surface area contributed by atoms with Crippen LogP contribution in [0.1, 0.15) is 26.2 Å². The molecule has 1 N–H and O–H groups in total. The number of hydrogen-bond donors (Lipinski definition) is 1. The number of amides is 1. The molecular formula is C16H30N4O3S. The molecule has 2 atom stereocenters. The van der Waals surface area contributed by atoms with E-state index in [2.05, 4.69) is 10.2 Å². The lowest BCUT2D eigenvalue weighted by molar-refractivity contribution is -0.135. The summed E-state index contributed by atoms with van der Waals surface area (Å²) >= 11 is 0. The van der Waals surface area contributed by atoms with E-state index in [0.717, 1.165) is 58.5 Å². The summed E-state index contributed by atoms with van der Waals surface area (Å²) in [6.45, 7) is 8.36. The van der Waals surface area contributed by atoms with Crippen LogP contribution in [-0.2, 0) is 14.8 Å². The van der Waals surface area contributed by atoms with Crippen LogP contribution in [0, 0.1) is 5.92 Å². The molecule has 3 saturated heterocycles. The van der Waals surface area contributed by atoms with E-state index in [-0.39, 0.29) is 17.6 Å². The van der Waals surface area contributed by atoms with Crippen molar-refractivity contribution in [2.24, 2.45) is 5.92 Å². The Morgan fingerprint density at radius 3 is 2.54 bits per heavy atom. The maximum Gasteiger partial charge on any atom is 0.227 e. The molecule has 2 unspecified atom stereocenters. The number of piperazine rings is 1. The number of likely N-dealkylation sites (tertiary alicyclic amines) is 1. The molecule has 0 radical (unpaired) electrons. The Morgan fingerprint density at radius 2 is 1.83 bits per heavy atom. The maximum atomic E-state index is 12.9. The van der Waals surface area contributed by atoms with Crippen LogP contribution in [0.3, 0.4) is 0 Å². The summed E-state index contributed by atoms with van der Waals surface area (Å²) in [4.78, 5) is 17.3. The molecule has 3 rings (SSSR count). The molecule has 24 heavy (non-hydrogen) atoms. The summed E-state index contributed by atoms with van der Waals surface area (Å²) in [6.07, 6.45) is 2.63. The van der Waals surface area contributed by atoms with Crippen LogP contribution in [0.5, 0.6) is 0 Å². The first-order chi connectivity index (χ1) is 11.5. The number of carbonyl (C=O) groups excluding carboxylic acids is 1. The Kier molecular flexibility index (Phi) is 5.79. The van der Waals surface area contributed by atoms with Crippen molar-refractivity contribution in [1.29, 1.82) is 0 Å². The van der Waals surface area contributed by atoms with Gasteiger partial charge in [0.15, 0.2) is 0 Å². The van der Waals surface area contributed by atoms with Gasteiger partial charge in [-0.05, 0) is 26.2 Å². The van der Waals surface area contributed by atoms with E-state index in [1.165, 1.54) is 4.31 Å². The molecule has 0 aliphatic carbocycles. The third-order valence-electron chi connectivity index (χ3n) is 5.63. The van der Waals surface area contributed by atoms with Gasteiger partial charge in [0.1, 0.15) is 0 Å². The highest BCUT2D eigenvalue weighted by atomic mass is 32.2. The number of nitrogens with one attached hydrogen (secondary N) is 1. The summed E-state index contributed by atoms with van der Waals surface area (Å²) in [7, 11) is -3.19. The quantitative estimate of drug-likeness (QED) is 0.737. The van der Waals surface area contributed by atoms with Crippen LogP contribution in [0.15, 0.2) is 0 Å². The van der Waals surface area contributed by atoms with Gasteiger partial charge in [0.25, 0.3) is 0 Å². The highest BCUT2D eigenvalue weighted by Crippen LogP contribution is 2.24. The van der Waals surface area contributed by atoms with Gasteiger partial charge < -0.3 is 10.2 Å². The van der Waals surface area contributed by atoms with Gasteiger partial charge in [-0.3, -0.25) is 9.69 Å². The Hall–Kier alpha value is -0.700. The summed E-state index contributed by atoms with van der Waals surface area (Å²) in [5.74, 6) is 0.105. The Balaban J connectivity index is 1.56. The molecule has 0 aromatic carbocycles. The van der Waals surface area contributed by atoms with E-state index in [1.54, 1.807) is 6.92 Å². The van der Waals surface area contributed by atoms with Crippen molar-refractivity contribution < 1.29 is 13.2 Å². The minimum atomic E-state index is -3.19. The molecule has 8 heteroatoms. The first-order valence-electron chi connectivity index (χ1n) is 9.22. The fourth-order valence-corrected chi connectivity index (χ4v) is 5.30. The smallest absolute Gasteiger partial charge is 0.227 e. The number of piperidine rings is 1. The van der Waals surface area contributed by atoms with E-state index in [1.807, 2.05) is 4.90 Å². The highest BCUT2D eigenvalue weighted by Gasteiger charge is 2.37. The van der Waals surface area contributed by atoms with Gasteiger partial charge in [-0.25, -0.2) is 12.7 Å². The zero-order valence-electron chi connectivity index (χ0n) is 14.6. The number of hydrogen-bond acceptors (Lipinski definition) is 5. The average Bonchev–Trinajstić information content (AvgIpc) is 3.12. The number of rotatable bonds is 4. The van der Waals surface area contributed by atoms with Crippen LogP contribution in [0.25, 0.3) is 0 Å². The van der Waals surface area contributed by atoms with E-state index in [0.29, 0.717) is 19.1 Å². The summed E-state index contributed by atoms with van der Waals surface area (Å²) in [6, 6.07) is 0.468. The third kappa shape index (κ3) is 3.92. The van der Waals surface area contributed by atoms with Crippen LogP contribution >= 0.6 is 0 Å². The van der Waals surface area contributed by atoms with E-state index >= 15 is 0 Å². The van der Waals surface area contributed by atoms with Gasteiger partial charge in [0.05, 0.1) is 11.7 Å². The predicted octanol–water partition coefficient (Wildman–Crippen LogP) is -0.446. The van der Waals surface area contributed by atoms with E-state index in [4.69, 9.17) is 0 Å². The van der Waals surface area contributed by atoms with Crippen molar-refractivity contribution in [2.45, 2.75) is 32.2 Å². The van der Waals surface area contributed by atoms with E-state index in [9.17, 15) is 13.2 Å². The molecule has 0 aromatic heterocycles. The number of carbonyl (C=O) groups is 1. The molecule has 0 bridgehead atoms. The van der Waals surface area contributed by atoms with Gasteiger partial charge in [0, 0.05) is 58.4 Å². The zero-order chi connectivity index (χ0) is 17.2. The molecule has 0 aromatic rings. The lowest BCUT2D eigenvalue weighted by Crippen LogP contribution is -2.50. The van der Waals surface area contributed by atoms with Gasteiger partial charge in [0.2, 0.25) is 15.9 Å². The molecule has 3 aliphatic heterocycles. The fraction of sp³-hybridized carbons (Fsp3) is 0.938. The minimum absolute atomic E-state index is 0.114. The predicted molar refractivity (Wildman–Crippen MR) is 93.2 cm³/mol. The first-order valence-corrected chi connectivity index (χ1v) is 10.8. The molecule has 7 nitrogen and oxygen atoms in total. The van der Waals surface area contributed by atoms with Crippen molar-refractivity contribution >= 4 is 15.9 Å². The second-order valence-corrected chi connectivity index (χ2v) is 9.37. The average molecular weight is 359 g/mol. The normalized spacial score (nSPS) is 30.6. The van der Waals surface area contributed by atoms with Crippen molar-refractivity contribution in [3.63, 3.8) is 0 Å². The standard InChI is InChI=1S/C16H30N4O3S/c1-2-24(22,23)20-8-3-4-14(12-20)16(21)19-9-5-15(13-19)18-10-6-17-7-11-18/h14-15,17H,2-13H2,1H3. The Labute approximate surface area is 145 Å². The molecule has 3 heterocycles. The van der Waals surface area contributed by atoms with Crippen LogP contribution < -0.4 is 5.32 Å². The third-order valence-corrected chi connectivity index (χ3v) is 7.48. The topological polar surface area (TPSA) is 73.0 Å². The van der Waals surface area contributed by atoms with E-state index < -0.39 is 10.0 Å². The van der Waals surface area contributed by atoms with Gasteiger partial charge in [-0.1, -0.05) is 0 Å². The van der Waals surface area contributed by atoms with Crippen LogP contribution in [0.2, 0.25) is 0 Å². The molecule has 1 amide bonds. The first kappa shape index (κ1) is 18.1. The lowest BCUT2D eigenvalue weighted by Gasteiger charge is -2.34. The Bertz CT molecular complexity index is 548. The summed E-state index contributed by atoms with van der Waals surface area (Å²) in [5.41, 5.74) is 0. The van der Waals surface area contributed by atoms with Crippen molar-refractivity contribution in [1.82, 2.24) is 19.4 Å². The fourth-order valence-electron chi connectivity index (χ4n) is 4.12. The van der Waals surface area contributed by atoms with Gasteiger partial charge in [-0.15, -0.1) is 0 Å². The summed E-state index contributed by atoms with van der Waals surface area (Å²) < 4.78 is 25.7. The SMILES string of the molecule is CCS(=O)(=O)N1CCCC(C(=O)N2CCC(N3CCNCC3)C2)C1. The number of sulfonamides is 1. The minimum Gasteiger partial charge on any atom is -0.341 e. The van der Waals surface area contributed by atoms with Gasteiger partial charge in [-0.2, -0.15) is 0 Å². The van der Waals surface area contributed by atoms with Gasteiger partial charge >= 0.3 is 0 Å². The van der Waals surface area contributed by atoms with Crippen LogP contribution in [0.4, 0.5) is 0 Å². The second kappa shape index (κ2) is 7.68. The lowest BCUT2D eigenvalue weighted by atomic mass is 9.98. The summed E-state index contributed by atoms with van der Waals surface area (Å²) in [5, 5.41) is 3.36. The second-order valence-electron chi connectivity index (χ2n) is 7.11. The van der Waals surface area contributed by atoms with Crippen LogP contribution in [-0.4, -0.2) is 92.6 Å². The molecule has 3 fully saturated rings. The highest BCUT2D eigenvalue weighted by molar-refractivity contribution is 7.89. The maximum absolute atomic E-state index is 12.9. The van der Waals surface area contributed by atoms with Crippen molar-refractivity contribution in [3.8, 4) is 0 Å². The largest absolute Gasteiger partial charge is 0.341 e. The number of nitrogens with zero attached hydrogens (tertiary/aromatic N) is 3. The Morgan fingerprint density at radius 1 is 1.08 bits per heavy atom. The van der Waals surface area contributed by atoms with Crippen molar-refractivity contribution in [3.05, 3.63) is 0 Å². The molecule has 3 aliphatic rings. The molecule has 0 saturated carbocycles. The monoisotopic (exact) mass is 358 g/mol. The molecular weight excluding hydrogens is 328 g/mol. The molecule has 138 valence electrons. The van der Waals surface area contributed by atoms with Crippen molar-refractivity contribution in [2.75, 3.05) is 58.1 Å². The zero-order valence-corrected chi connectivity index (χ0v) is 15.4.